The summed E-state index contributed by atoms with van der Waals surface area (Å²) >= 11 is 0. The second-order valence-electron chi connectivity index (χ2n) is 0.600. The molecule has 0 amide bonds. The van der Waals surface area contributed by atoms with Crippen molar-refractivity contribution in [3.8, 4) is 0 Å². The smallest absolute Gasteiger partial charge is 0.368 e. The van der Waals surface area contributed by atoms with Crippen molar-refractivity contribution >= 4 is 56.0 Å². The molecule has 7 heteroatoms. The van der Waals surface area contributed by atoms with Crippen molar-refractivity contribution in [1.82, 2.24) is 0 Å². The van der Waals surface area contributed by atoms with E-state index in [0.717, 1.165) is 0 Å². The summed E-state index contributed by atoms with van der Waals surface area (Å²) < 4.78 is 0. The molecule has 0 atom stereocenters. The Balaban J connectivity index is -0.0000000800. The van der Waals surface area contributed by atoms with E-state index >= 15 is 0 Å². The van der Waals surface area contributed by atoms with Gasteiger partial charge in [0.25, 0.3) is 0 Å². The van der Waals surface area contributed by atoms with E-state index in [2.05, 4.69) is 0 Å². The molecule has 1 radical (unpaired) electrons. The van der Waals surface area contributed by atoms with Crippen LogP contribution in [-0.4, -0.2) is 75.1 Å². The minimum Gasteiger partial charge on any atom is -0.368 e. The molecule has 4 N–H and O–H groups in total. The Morgan fingerprint density at radius 1 is 0.857 bits per heavy atom. The van der Waals surface area contributed by atoms with Gasteiger partial charge in [-0.2, -0.15) is 0 Å². The van der Waals surface area contributed by atoms with Gasteiger partial charge in [0.15, 0.2) is 17.4 Å². The quantitative estimate of drug-likeness (QED) is 0.263. The molecular weight excluding hydrogens is 142 g/mol. The van der Waals surface area contributed by atoms with Gasteiger partial charge in [-0.25, -0.2) is 0 Å². The Morgan fingerprint density at radius 2 is 0.857 bits per heavy atom. The second-order valence-corrected chi connectivity index (χ2v) is 1.80. The van der Waals surface area contributed by atoms with Crippen molar-refractivity contribution in [2.75, 3.05) is 0 Å². The predicted octanol–water partition coefficient (Wildman–Crippen LogP) is -4.17. The van der Waals surface area contributed by atoms with Crippen LogP contribution in [0.1, 0.15) is 0 Å². The van der Waals surface area contributed by atoms with Crippen LogP contribution in [0.4, 0.5) is 0 Å². The molecule has 0 aromatic carbocycles. The van der Waals surface area contributed by atoms with E-state index in [1.807, 2.05) is 0 Å². The van der Waals surface area contributed by atoms with Gasteiger partial charge in [0, 0.05) is 29.6 Å². The van der Waals surface area contributed by atoms with Crippen LogP contribution in [0.25, 0.3) is 0 Å². The van der Waals surface area contributed by atoms with E-state index in [1.54, 1.807) is 0 Å². The van der Waals surface area contributed by atoms with Crippen molar-refractivity contribution in [3.63, 3.8) is 0 Å². The maximum absolute atomic E-state index is 7.33. The van der Waals surface area contributed by atoms with Crippen LogP contribution >= 0.6 is 0 Å². The molecule has 7 heavy (non-hydrogen) atoms. The molecule has 0 fully saturated rings. The summed E-state index contributed by atoms with van der Waals surface area (Å²) in [6.07, 6.45) is 0. The number of rotatable bonds is 0. The van der Waals surface area contributed by atoms with Gasteiger partial charge in [-0.15, -0.1) is 0 Å². The molecule has 0 aromatic heterocycles. The molecule has 0 heterocycles. The van der Waals surface area contributed by atoms with Crippen molar-refractivity contribution < 1.29 is 19.2 Å². The van der Waals surface area contributed by atoms with Crippen molar-refractivity contribution in [1.29, 1.82) is 0 Å². The summed E-state index contributed by atoms with van der Waals surface area (Å²) in [6.45, 7) is 0. The summed E-state index contributed by atoms with van der Waals surface area (Å²) in [6, 6.07) is 0. The van der Waals surface area contributed by atoms with Crippen LogP contribution in [0.15, 0.2) is 0 Å². The monoisotopic (exact) mass is 149 g/mol. The molecule has 0 bridgehead atoms. The van der Waals surface area contributed by atoms with E-state index in [-0.39, 0.29) is 46.9 Å². The van der Waals surface area contributed by atoms with Crippen molar-refractivity contribution in [3.05, 3.63) is 0 Å². The fourth-order valence-corrected chi connectivity index (χ4v) is 0. The van der Waals surface area contributed by atoms with E-state index in [9.17, 15) is 0 Å². The zero-order valence-electron chi connectivity index (χ0n) is 3.29. The molecule has 0 spiro atoms. The molecule has 0 saturated heterocycles. The van der Waals surface area contributed by atoms with Crippen LogP contribution in [0.3, 0.4) is 0 Å². The van der Waals surface area contributed by atoms with Crippen LogP contribution in [-0.2, 0) is 0 Å². The molecule has 39 valence electrons. The van der Waals surface area contributed by atoms with Crippen LogP contribution in [0.5, 0.6) is 0 Å². The van der Waals surface area contributed by atoms with Crippen molar-refractivity contribution in [2.24, 2.45) is 0 Å². The molecule has 0 saturated carbocycles. The van der Waals surface area contributed by atoms with E-state index < -0.39 is 9.05 Å². The van der Waals surface area contributed by atoms with Gasteiger partial charge in [-0.05, 0) is 0 Å². The summed E-state index contributed by atoms with van der Waals surface area (Å²) in [4.78, 5) is 29.3. The fraction of sp³-hybridized carbons (Fsp3) is 0. The van der Waals surface area contributed by atoms with Gasteiger partial charge in [0.05, 0.1) is 0 Å². The molecular formula is H7AlNaO4Si. The SMILES string of the molecule is O[Si](O)(O)O.[AlH3].[Na]. The maximum atomic E-state index is 7.33. The first-order valence-electron chi connectivity index (χ1n) is 0.894. The first kappa shape index (κ1) is 15.8. The fourth-order valence-electron chi connectivity index (χ4n) is 0. The molecule has 0 unspecified atom stereocenters. The van der Waals surface area contributed by atoms with Gasteiger partial charge in [0.1, 0.15) is 0 Å². The van der Waals surface area contributed by atoms with Gasteiger partial charge < -0.3 is 19.2 Å². The molecule has 0 aliphatic carbocycles. The van der Waals surface area contributed by atoms with E-state index in [1.165, 1.54) is 0 Å². The summed E-state index contributed by atoms with van der Waals surface area (Å²) in [5.74, 6) is 0. The zero-order valence-corrected chi connectivity index (χ0v) is 6.29. The van der Waals surface area contributed by atoms with Gasteiger partial charge >= 0.3 is 9.05 Å². The van der Waals surface area contributed by atoms with Gasteiger partial charge in [-0.3, -0.25) is 0 Å². The average Bonchev–Trinajstić information content (AvgIpc) is 0.722. The van der Waals surface area contributed by atoms with Crippen molar-refractivity contribution in [2.45, 2.75) is 0 Å². The molecule has 0 aromatic rings. The predicted molar refractivity (Wildman–Crippen MR) is 30.3 cm³/mol. The Labute approximate surface area is 74.7 Å². The Morgan fingerprint density at radius 3 is 0.857 bits per heavy atom. The van der Waals surface area contributed by atoms with Gasteiger partial charge in [0.2, 0.25) is 0 Å². The normalized spacial score (nSPS) is 8.57. The first-order valence-corrected chi connectivity index (χ1v) is 2.68. The van der Waals surface area contributed by atoms with E-state index in [4.69, 9.17) is 19.2 Å². The maximum Gasteiger partial charge on any atom is 0.668 e. The molecule has 4 nitrogen and oxygen atoms in total. The summed E-state index contributed by atoms with van der Waals surface area (Å²) in [7, 11) is -4.61. The van der Waals surface area contributed by atoms with Crippen LogP contribution < -0.4 is 0 Å². The standard InChI is InChI=1S/Al.Na.H4O4Si.3H/c;;1-5(2,3)4;;;/h;;1-4H;;;. The Bertz CT molecular complexity index is 27.2. The molecule has 0 aliphatic heterocycles. The minimum atomic E-state index is -4.61. The number of hydrogen-bond donors (Lipinski definition) is 4. The molecule has 0 rings (SSSR count). The van der Waals surface area contributed by atoms with Gasteiger partial charge in [-0.1, -0.05) is 0 Å². The third-order valence-electron chi connectivity index (χ3n) is 0. The van der Waals surface area contributed by atoms with Crippen LogP contribution in [0.2, 0.25) is 0 Å². The average molecular weight is 149 g/mol. The minimum absolute atomic E-state index is 0. The number of hydrogen-bond acceptors (Lipinski definition) is 4. The zero-order chi connectivity index (χ0) is 4.50. The molecule has 0 aliphatic rings. The Hall–Kier alpha value is 1.59. The third kappa shape index (κ3) is 93.9. The summed E-state index contributed by atoms with van der Waals surface area (Å²) in [5, 5.41) is 0. The Kier molecular flexibility index (Phi) is 12.9. The third-order valence-corrected chi connectivity index (χ3v) is 0. The largest absolute Gasteiger partial charge is 0.668 e. The second kappa shape index (κ2) is 5.72. The first-order chi connectivity index (χ1) is 2.00. The van der Waals surface area contributed by atoms with Crippen LogP contribution in [0, 0.1) is 0 Å². The van der Waals surface area contributed by atoms with E-state index in [0.29, 0.717) is 0 Å². The summed E-state index contributed by atoms with van der Waals surface area (Å²) in [5.41, 5.74) is 0. The topological polar surface area (TPSA) is 80.9 Å².